The maximum absolute atomic E-state index is 9.37. The minimum atomic E-state index is -0.745. The third-order valence-electron chi connectivity index (χ3n) is 1.66. The number of carboxylic acids is 1. The molecule has 0 aromatic heterocycles. The van der Waals surface area contributed by atoms with Gasteiger partial charge in [-0.25, -0.2) is 0 Å². The smallest absolute Gasteiger partial charge is 0.303 e. The number of benzene rings is 1. The molecule has 0 aliphatic carbocycles. The molecule has 1 aromatic rings. The van der Waals surface area contributed by atoms with E-state index >= 15 is 0 Å². The first-order chi connectivity index (χ1) is 7.51. The van der Waals surface area contributed by atoms with Crippen molar-refractivity contribution in [3.05, 3.63) is 29.8 Å². The molecule has 3 N–H and O–H groups in total. The van der Waals surface area contributed by atoms with E-state index in [0.717, 1.165) is 5.56 Å². The van der Waals surface area contributed by atoms with E-state index in [-0.39, 0.29) is 17.9 Å². The van der Waals surface area contributed by atoms with Crippen LogP contribution in [-0.4, -0.2) is 21.3 Å². The first-order valence-electron chi connectivity index (χ1n) is 4.87. The van der Waals surface area contributed by atoms with E-state index in [1.807, 2.05) is 19.1 Å². The van der Waals surface area contributed by atoms with Crippen LogP contribution in [0.15, 0.2) is 24.3 Å². The number of aliphatic carboxylic acids is 1. The molecule has 0 aliphatic rings. The van der Waals surface area contributed by atoms with Crippen LogP contribution in [0.4, 0.5) is 0 Å². The van der Waals surface area contributed by atoms with Crippen LogP contribution in [0.2, 0.25) is 0 Å². The summed E-state index contributed by atoms with van der Waals surface area (Å²) < 4.78 is 0. The van der Waals surface area contributed by atoms with Gasteiger partial charge >= 0.3 is 5.97 Å². The van der Waals surface area contributed by atoms with Gasteiger partial charge in [0.15, 0.2) is 11.5 Å². The van der Waals surface area contributed by atoms with Gasteiger partial charge in [0.05, 0.1) is 0 Å². The fourth-order valence-corrected chi connectivity index (χ4v) is 0.837. The van der Waals surface area contributed by atoms with Gasteiger partial charge in [0.1, 0.15) is 0 Å². The third-order valence-corrected chi connectivity index (χ3v) is 1.66. The number of carboxylic acid groups (broad SMARTS) is 1. The Morgan fingerprint density at radius 2 is 1.88 bits per heavy atom. The van der Waals surface area contributed by atoms with Crippen LogP contribution in [0.5, 0.6) is 11.5 Å². The molecule has 4 nitrogen and oxygen atoms in total. The number of allylic oxidation sites excluding steroid dienone is 1. The SMILES string of the molecule is CC=Cc1ccc(O)c(O)c1.CCC(=O)O. The Morgan fingerprint density at radius 1 is 1.31 bits per heavy atom. The molecule has 0 radical (unpaired) electrons. The average molecular weight is 224 g/mol. The second-order valence-corrected chi connectivity index (χ2v) is 3.00. The fraction of sp³-hybridized carbons (Fsp3) is 0.250. The fourth-order valence-electron chi connectivity index (χ4n) is 0.837. The van der Waals surface area contributed by atoms with Gasteiger partial charge in [-0.05, 0) is 24.6 Å². The maximum atomic E-state index is 9.37. The first kappa shape index (κ1) is 14.0. The Kier molecular flexibility index (Phi) is 6.43. The molecule has 0 spiro atoms. The topological polar surface area (TPSA) is 77.8 Å². The average Bonchev–Trinajstić information content (AvgIpc) is 2.25. The van der Waals surface area contributed by atoms with E-state index in [0.29, 0.717) is 0 Å². The molecule has 4 heteroatoms. The highest BCUT2D eigenvalue weighted by molar-refractivity contribution is 5.66. The predicted molar refractivity (Wildman–Crippen MR) is 62.4 cm³/mol. The highest BCUT2D eigenvalue weighted by atomic mass is 16.4. The van der Waals surface area contributed by atoms with Crippen LogP contribution >= 0.6 is 0 Å². The van der Waals surface area contributed by atoms with Gasteiger partial charge in [0.25, 0.3) is 0 Å². The molecule has 16 heavy (non-hydrogen) atoms. The molecule has 0 unspecified atom stereocenters. The number of phenols is 2. The van der Waals surface area contributed by atoms with Crippen molar-refractivity contribution in [3.63, 3.8) is 0 Å². The molecule has 0 aliphatic heterocycles. The zero-order valence-electron chi connectivity index (χ0n) is 9.34. The standard InChI is InChI=1S/C9H10O2.C3H6O2/c1-2-3-7-4-5-8(10)9(11)6-7;1-2-3(4)5/h2-6,10-11H,1H3;2H2,1H3,(H,4,5). The molecule has 0 heterocycles. The zero-order valence-corrected chi connectivity index (χ0v) is 9.34. The number of carbonyl (C=O) groups is 1. The Balaban J connectivity index is 0.000000385. The van der Waals surface area contributed by atoms with Crippen molar-refractivity contribution in [3.8, 4) is 11.5 Å². The molecular weight excluding hydrogens is 208 g/mol. The normalized spacial score (nSPS) is 9.62. The van der Waals surface area contributed by atoms with Gasteiger partial charge < -0.3 is 15.3 Å². The van der Waals surface area contributed by atoms with Crippen LogP contribution < -0.4 is 0 Å². The zero-order chi connectivity index (χ0) is 12.6. The number of hydrogen-bond acceptors (Lipinski definition) is 3. The largest absolute Gasteiger partial charge is 0.504 e. The Labute approximate surface area is 94.5 Å². The van der Waals surface area contributed by atoms with E-state index in [1.54, 1.807) is 13.0 Å². The number of rotatable bonds is 2. The molecule has 0 saturated carbocycles. The van der Waals surface area contributed by atoms with Crippen molar-refractivity contribution < 1.29 is 20.1 Å². The molecule has 0 amide bonds. The lowest BCUT2D eigenvalue weighted by molar-refractivity contribution is -0.136. The van der Waals surface area contributed by atoms with Gasteiger partial charge in [-0.3, -0.25) is 4.79 Å². The van der Waals surface area contributed by atoms with Gasteiger partial charge in [-0.15, -0.1) is 0 Å². The molecule has 1 aromatic carbocycles. The lowest BCUT2D eigenvalue weighted by atomic mass is 10.2. The minimum absolute atomic E-state index is 0.0828. The summed E-state index contributed by atoms with van der Waals surface area (Å²) in [5.74, 6) is -0.913. The first-order valence-corrected chi connectivity index (χ1v) is 4.87. The Bertz CT molecular complexity index is 369. The van der Waals surface area contributed by atoms with Crippen LogP contribution in [0.3, 0.4) is 0 Å². The molecule has 0 bridgehead atoms. The third kappa shape index (κ3) is 5.70. The summed E-state index contributed by atoms with van der Waals surface area (Å²) in [6.07, 6.45) is 3.94. The summed E-state index contributed by atoms with van der Waals surface area (Å²) in [6, 6.07) is 4.70. The van der Waals surface area contributed by atoms with Crippen LogP contribution in [0, 0.1) is 0 Å². The molecule has 1 rings (SSSR count). The van der Waals surface area contributed by atoms with Crippen molar-refractivity contribution in [2.75, 3.05) is 0 Å². The van der Waals surface area contributed by atoms with E-state index in [9.17, 15) is 4.79 Å². The van der Waals surface area contributed by atoms with Gasteiger partial charge in [0.2, 0.25) is 0 Å². The summed E-state index contributed by atoms with van der Waals surface area (Å²) in [5, 5.41) is 25.7. The maximum Gasteiger partial charge on any atom is 0.303 e. The van der Waals surface area contributed by atoms with Crippen molar-refractivity contribution in [2.24, 2.45) is 0 Å². The lowest BCUT2D eigenvalue weighted by Crippen LogP contribution is -1.86. The van der Waals surface area contributed by atoms with Gasteiger partial charge in [-0.2, -0.15) is 0 Å². The summed E-state index contributed by atoms with van der Waals surface area (Å²) in [4.78, 5) is 9.37. The molecule has 0 saturated heterocycles. The van der Waals surface area contributed by atoms with Crippen LogP contribution in [0.1, 0.15) is 25.8 Å². The molecule has 0 fully saturated rings. The van der Waals surface area contributed by atoms with Crippen molar-refractivity contribution in [2.45, 2.75) is 20.3 Å². The van der Waals surface area contributed by atoms with E-state index in [2.05, 4.69) is 0 Å². The van der Waals surface area contributed by atoms with Crippen LogP contribution in [0.25, 0.3) is 6.08 Å². The second kappa shape index (κ2) is 7.34. The molecular formula is C12H16O4. The molecule has 88 valence electrons. The summed E-state index contributed by atoms with van der Waals surface area (Å²) in [7, 11) is 0. The van der Waals surface area contributed by atoms with Crippen molar-refractivity contribution in [1.29, 1.82) is 0 Å². The van der Waals surface area contributed by atoms with Gasteiger partial charge in [-0.1, -0.05) is 25.1 Å². The lowest BCUT2D eigenvalue weighted by Gasteiger charge is -1.97. The Hall–Kier alpha value is -1.97. The highest BCUT2D eigenvalue weighted by Gasteiger charge is 1.96. The number of aromatic hydroxyl groups is 2. The molecule has 0 atom stereocenters. The van der Waals surface area contributed by atoms with E-state index in [1.165, 1.54) is 12.1 Å². The minimum Gasteiger partial charge on any atom is -0.504 e. The van der Waals surface area contributed by atoms with Crippen molar-refractivity contribution in [1.82, 2.24) is 0 Å². The second-order valence-electron chi connectivity index (χ2n) is 3.00. The highest BCUT2D eigenvalue weighted by Crippen LogP contribution is 2.25. The van der Waals surface area contributed by atoms with Crippen LogP contribution in [-0.2, 0) is 4.79 Å². The van der Waals surface area contributed by atoms with Gasteiger partial charge in [0, 0.05) is 6.42 Å². The summed E-state index contributed by atoms with van der Waals surface area (Å²) in [5.41, 5.74) is 0.878. The van der Waals surface area contributed by atoms with Crippen molar-refractivity contribution >= 4 is 12.0 Å². The predicted octanol–water partition coefficient (Wildman–Crippen LogP) is 2.61. The van der Waals surface area contributed by atoms with E-state index < -0.39 is 5.97 Å². The number of phenolic OH excluding ortho intramolecular Hbond substituents is 2. The summed E-state index contributed by atoms with van der Waals surface area (Å²) in [6.45, 7) is 3.49. The van der Waals surface area contributed by atoms with E-state index in [4.69, 9.17) is 15.3 Å². The number of hydrogen-bond donors (Lipinski definition) is 3. The quantitative estimate of drug-likeness (QED) is 0.675. The monoisotopic (exact) mass is 224 g/mol. The summed E-state index contributed by atoms with van der Waals surface area (Å²) >= 11 is 0. The Morgan fingerprint density at radius 3 is 2.25 bits per heavy atom.